The SMILES string of the molecule is COc1cc(C(=O)NCCCOC(C)C)c([N+](=O)[O-])cc1OC. The molecule has 1 amide bonds. The van der Waals surface area contributed by atoms with Crippen molar-refractivity contribution < 1.29 is 23.9 Å². The van der Waals surface area contributed by atoms with E-state index in [4.69, 9.17) is 14.2 Å². The van der Waals surface area contributed by atoms with Crippen LogP contribution in [0.2, 0.25) is 0 Å². The van der Waals surface area contributed by atoms with Gasteiger partial charge in [-0.3, -0.25) is 14.9 Å². The molecule has 0 aliphatic heterocycles. The van der Waals surface area contributed by atoms with Gasteiger partial charge in [0.05, 0.1) is 31.3 Å². The molecule has 0 saturated carbocycles. The van der Waals surface area contributed by atoms with Crippen LogP contribution in [-0.4, -0.2) is 44.3 Å². The lowest BCUT2D eigenvalue weighted by molar-refractivity contribution is -0.385. The molecule has 23 heavy (non-hydrogen) atoms. The van der Waals surface area contributed by atoms with Crippen LogP contribution in [0.15, 0.2) is 12.1 Å². The fourth-order valence-corrected chi connectivity index (χ4v) is 1.89. The molecule has 0 atom stereocenters. The van der Waals surface area contributed by atoms with Crippen LogP contribution in [0, 0.1) is 10.1 Å². The highest BCUT2D eigenvalue weighted by atomic mass is 16.6. The lowest BCUT2D eigenvalue weighted by atomic mass is 10.1. The second kappa shape index (κ2) is 8.94. The summed E-state index contributed by atoms with van der Waals surface area (Å²) in [5.41, 5.74) is -0.406. The molecule has 1 aromatic rings. The van der Waals surface area contributed by atoms with Crippen molar-refractivity contribution in [1.29, 1.82) is 0 Å². The van der Waals surface area contributed by atoms with Gasteiger partial charge in [-0.25, -0.2) is 0 Å². The van der Waals surface area contributed by atoms with E-state index < -0.39 is 10.8 Å². The zero-order valence-corrected chi connectivity index (χ0v) is 13.8. The van der Waals surface area contributed by atoms with Crippen molar-refractivity contribution in [3.63, 3.8) is 0 Å². The number of nitro benzene ring substituents is 1. The quantitative estimate of drug-likeness (QED) is 0.424. The lowest BCUT2D eigenvalue weighted by Crippen LogP contribution is -2.26. The maximum atomic E-state index is 12.2. The highest BCUT2D eigenvalue weighted by Gasteiger charge is 2.24. The van der Waals surface area contributed by atoms with Gasteiger partial charge in [0.15, 0.2) is 11.5 Å². The van der Waals surface area contributed by atoms with Gasteiger partial charge >= 0.3 is 0 Å². The summed E-state index contributed by atoms with van der Waals surface area (Å²) >= 11 is 0. The number of hydrogen-bond donors (Lipinski definition) is 1. The Morgan fingerprint density at radius 3 is 2.39 bits per heavy atom. The molecule has 1 N–H and O–H groups in total. The van der Waals surface area contributed by atoms with E-state index in [-0.39, 0.29) is 28.9 Å². The zero-order chi connectivity index (χ0) is 17.4. The predicted molar refractivity (Wildman–Crippen MR) is 84.2 cm³/mol. The topological polar surface area (TPSA) is 99.9 Å². The van der Waals surface area contributed by atoms with E-state index in [1.165, 1.54) is 26.4 Å². The minimum atomic E-state index is -0.626. The van der Waals surface area contributed by atoms with Crippen LogP contribution in [0.25, 0.3) is 0 Å². The number of carbonyl (C=O) groups is 1. The molecule has 0 radical (unpaired) electrons. The summed E-state index contributed by atoms with van der Waals surface area (Å²) in [4.78, 5) is 22.7. The Morgan fingerprint density at radius 2 is 1.87 bits per heavy atom. The van der Waals surface area contributed by atoms with Crippen molar-refractivity contribution in [2.75, 3.05) is 27.4 Å². The first-order valence-electron chi connectivity index (χ1n) is 7.20. The summed E-state index contributed by atoms with van der Waals surface area (Å²) in [6, 6.07) is 2.48. The average molecular weight is 326 g/mol. The van der Waals surface area contributed by atoms with Crippen LogP contribution in [0.4, 0.5) is 5.69 Å². The number of carbonyl (C=O) groups excluding carboxylic acids is 1. The van der Waals surface area contributed by atoms with Crippen LogP contribution in [-0.2, 0) is 4.74 Å². The number of nitrogens with one attached hydrogen (secondary N) is 1. The molecule has 1 rings (SSSR count). The van der Waals surface area contributed by atoms with Gasteiger partial charge < -0.3 is 19.5 Å². The van der Waals surface area contributed by atoms with Gasteiger partial charge in [0, 0.05) is 19.2 Å². The highest BCUT2D eigenvalue weighted by molar-refractivity contribution is 5.99. The number of amides is 1. The molecule has 0 spiro atoms. The molecule has 0 saturated heterocycles. The smallest absolute Gasteiger partial charge is 0.286 e. The first kappa shape index (κ1) is 18.7. The Hall–Kier alpha value is -2.35. The van der Waals surface area contributed by atoms with E-state index in [2.05, 4.69) is 5.32 Å². The number of rotatable bonds is 9. The largest absolute Gasteiger partial charge is 0.493 e. The van der Waals surface area contributed by atoms with Crippen molar-refractivity contribution in [3.05, 3.63) is 27.8 Å². The summed E-state index contributed by atoms with van der Waals surface area (Å²) in [6.45, 7) is 4.71. The highest BCUT2D eigenvalue weighted by Crippen LogP contribution is 2.34. The van der Waals surface area contributed by atoms with Crippen molar-refractivity contribution in [3.8, 4) is 11.5 Å². The number of methoxy groups -OCH3 is 2. The first-order chi connectivity index (χ1) is 10.9. The summed E-state index contributed by atoms with van der Waals surface area (Å²) in [5.74, 6) is -0.0883. The predicted octanol–water partition coefficient (Wildman–Crippen LogP) is 2.16. The van der Waals surface area contributed by atoms with Crippen molar-refractivity contribution >= 4 is 11.6 Å². The summed E-state index contributed by atoms with van der Waals surface area (Å²) < 4.78 is 15.5. The zero-order valence-electron chi connectivity index (χ0n) is 13.8. The monoisotopic (exact) mass is 326 g/mol. The van der Waals surface area contributed by atoms with E-state index in [1.807, 2.05) is 13.8 Å². The van der Waals surface area contributed by atoms with Gasteiger partial charge in [-0.15, -0.1) is 0 Å². The van der Waals surface area contributed by atoms with Crippen LogP contribution < -0.4 is 14.8 Å². The minimum Gasteiger partial charge on any atom is -0.493 e. The van der Waals surface area contributed by atoms with Gasteiger partial charge in [0.2, 0.25) is 0 Å². The van der Waals surface area contributed by atoms with Crippen LogP contribution in [0.3, 0.4) is 0 Å². The van der Waals surface area contributed by atoms with Gasteiger partial charge in [0.25, 0.3) is 11.6 Å². The summed E-state index contributed by atoms with van der Waals surface area (Å²) in [6.07, 6.45) is 0.739. The minimum absolute atomic E-state index is 0.0718. The number of hydrogen-bond acceptors (Lipinski definition) is 6. The van der Waals surface area contributed by atoms with Crippen molar-refractivity contribution in [2.45, 2.75) is 26.4 Å². The van der Waals surface area contributed by atoms with Crippen molar-refractivity contribution in [1.82, 2.24) is 5.32 Å². The third kappa shape index (κ3) is 5.41. The molecule has 8 nitrogen and oxygen atoms in total. The molecule has 0 bridgehead atoms. The molecule has 0 aliphatic rings. The molecule has 0 fully saturated rings. The molecular weight excluding hydrogens is 304 g/mol. The molecule has 1 aromatic carbocycles. The van der Waals surface area contributed by atoms with Gasteiger partial charge in [-0.2, -0.15) is 0 Å². The third-order valence-electron chi connectivity index (χ3n) is 3.00. The number of benzene rings is 1. The Balaban J connectivity index is 2.84. The first-order valence-corrected chi connectivity index (χ1v) is 7.20. The second-order valence-corrected chi connectivity index (χ2v) is 5.01. The Bertz CT molecular complexity index is 559. The molecular formula is C15H22N2O6. The van der Waals surface area contributed by atoms with Crippen LogP contribution in [0.5, 0.6) is 11.5 Å². The van der Waals surface area contributed by atoms with Gasteiger partial charge in [-0.1, -0.05) is 0 Å². The number of nitrogens with zero attached hydrogens (tertiary/aromatic N) is 1. The van der Waals surface area contributed by atoms with E-state index in [1.54, 1.807) is 0 Å². The second-order valence-electron chi connectivity index (χ2n) is 5.01. The van der Waals surface area contributed by atoms with Gasteiger partial charge in [-0.05, 0) is 20.3 Å². The fraction of sp³-hybridized carbons (Fsp3) is 0.533. The fourth-order valence-electron chi connectivity index (χ4n) is 1.89. The van der Waals surface area contributed by atoms with Crippen LogP contribution >= 0.6 is 0 Å². The maximum absolute atomic E-state index is 12.2. The summed E-state index contributed by atoms with van der Waals surface area (Å²) in [7, 11) is 2.77. The number of nitro groups is 1. The normalized spacial score (nSPS) is 10.5. The van der Waals surface area contributed by atoms with E-state index in [0.717, 1.165) is 0 Å². The standard InChI is InChI=1S/C15H22N2O6/c1-10(2)23-7-5-6-16-15(18)11-8-13(21-3)14(22-4)9-12(11)17(19)20/h8-10H,5-7H2,1-4H3,(H,16,18). The molecule has 128 valence electrons. The Kier molecular flexibility index (Phi) is 7.27. The summed E-state index contributed by atoms with van der Waals surface area (Å²) in [5, 5.41) is 13.8. The van der Waals surface area contributed by atoms with Gasteiger partial charge in [0.1, 0.15) is 5.56 Å². The Morgan fingerprint density at radius 1 is 1.26 bits per heavy atom. The van der Waals surface area contributed by atoms with E-state index in [0.29, 0.717) is 19.6 Å². The molecule has 0 aromatic heterocycles. The van der Waals surface area contributed by atoms with Crippen molar-refractivity contribution in [2.24, 2.45) is 0 Å². The number of ether oxygens (including phenoxy) is 3. The van der Waals surface area contributed by atoms with E-state index >= 15 is 0 Å². The molecule has 8 heteroatoms. The lowest BCUT2D eigenvalue weighted by Gasteiger charge is -2.11. The third-order valence-corrected chi connectivity index (χ3v) is 3.00. The van der Waals surface area contributed by atoms with E-state index in [9.17, 15) is 14.9 Å². The molecule has 0 heterocycles. The average Bonchev–Trinajstić information content (AvgIpc) is 2.52. The van der Waals surface area contributed by atoms with Crippen LogP contribution in [0.1, 0.15) is 30.6 Å². The molecule has 0 aliphatic carbocycles. The molecule has 0 unspecified atom stereocenters. The Labute approximate surface area is 134 Å². The maximum Gasteiger partial charge on any atom is 0.286 e.